The third-order valence-corrected chi connectivity index (χ3v) is 3.88. The lowest BCUT2D eigenvalue weighted by Gasteiger charge is -2.26. The Balaban J connectivity index is 1.44. The van der Waals surface area contributed by atoms with Crippen LogP contribution in [-0.4, -0.2) is 63.4 Å². The highest BCUT2D eigenvalue weighted by Crippen LogP contribution is 2.15. The highest BCUT2D eigenvalue weighted by molar-refractivity contribution is 5.75. The third-order valence-electron chi connectivity index (χ3n) is 3.88. The Hall–Kier alpha value is -0.650. The van der Waals surface area contributed by atoms with Crippen molar-refractivity contribution in [1.29, 1.82) is 0 Å². The van der Waals surface area contributed by atoms with Gasteiger partial charge in [-0.1, -0.05) is 0 Å². The number of ether oxygens (including phenoxy) is 2. The van der Waals surface area contributed by atoms with Crippen molar-refractivity contribution in [3.8, 4) is 0 Å². The monoisotopic (exact) mass is 270 g/mol. The first-order valence-electron chi connectivity index (χ1n) is 7.49. The molecule has 0 radical (unpaired) electrons. The molecule has 0 aromatic carbocycles. The van der Waals surface area contributed by atoms with E-state index < -0.39 is 0 Å². The zero-order valence-electron chi connectivity index (χ0n) is 11.7. The molecule has 2 fully saturated rings. The number of nitrogens with one attached hydrogen (secondary N) is 1. The Morgan fingerprint density at radius 2 is 2.05 bits per heavy atom. The number of carbonyl (C=O) groups is 1. The fraction of sp³-hybridized carbons (Fsp3) is 0.929. The van der Waals surface area contributed by atoms with Crippen molar-refractivity contribution in [3.63, 3.8) is 0 Å². The summed E-state index contributed by atoms with van der Waals surface area (Å²) >= 11 is 0. The summed E-state index contributed by atoms with van der Waals surface area (Å²) in [4.78, 5) is 14.0. The maximum Gasteiger partial charge on any atom is 0.220 e. The minimum Gasteiger partial charge on any atom is -0.381 e. The van der Waals surface area contributed by atoms with Crippen LogP contribution in [0.5, 0.6) is 0 Å². The zero-order chi connectivity index (χ0) is 13.3. The molecule has 0 aliphatic carbocycles. The van der Waals surface area contributed by atoms with Gasteiger partial charge in [-0.05, 0) is 31.7 Å². The minimum absolute atomic E-state index is 0.187. The standard InChI is InChI=1S/C14H26N2O3/c17-14(15-5-3-13-4-9-19-12-13)2-1-6-16-7-10-18-11-8-16/h13H,1-12H2,(H,15,17)/t13-/m1/s1. The van der Waals surface area contributed by atoms with Crippen LogP contribution in [0.25, 0.3) is 0 Å². The molecule has 0 aromatic heterocycles. The van der Waals surface area contributed by atoms with E-state index in [0.29, 0.717) is 12.3 Å². The van der Waals surface area contributed by atoms with Gasteiger partial charge >= 0.3 is 0 Å². The number of nitrogens with zero attached hydrogens (tertiary/aromatic N) is 1. The molecule has 0 bridgehead atoms. The smallest absolute Gasteiger partial charge is 0.220 e. The van der Waals surface area contributed by atoms with Gasteiger partial charge in [-0.15, -0.1) is 0 Å². The van der Waals surface area contributed by atoms with E-state index in [2.05, 4.69) is 10.2 Å². The molecule has 19 heavy (non-hydrogen) atoms. The van der Waals surface area contributed by atoms with Crippen molar-refractivity contribution in [2.24, 2.45) is 5.92 Å². The maximum atomic E-state index is 11.7. The molecule has 1 amide bonds. The molecule has 2 rings (SSSR count). The highest BCUT2D eigenvalue weighted by atomic mass is 16.5. The molecule has 2 aliphatic heterocycles. The quantitative estimate of drug-likeness (QED) is 0.738. The Labute approximate surface area is 115 Å². The summed E-state index contributed by atoms with van der Waals surface area (Å²) in [6, 6.07) is 0. The predicted molar refractivity (Wildman–Crippen MR) is 73.0 cm³/mol. The van der Waals surface area contributed by atoms with Crippen LogP contribution in [0.2, 0.25) is 0 Å². The number of hydrogen-bond acceptors (Lipinski definition) is 4. The molecule has 1 atom stereocenters. The van der Waals surface area contributed by atoms with Crippen LogP contribution in [0.1, 0.15) is 25.7 Å². The van der Waals surface area contributed by atoms with Gasteiger partial charge in [0.1, 0.15) is 0 Å². The summed E-state index contributed by atoms with van der Waals surface area (Å²) in [6.07, 6.45) is 3.78. The van der Waals surface area contributed by atoms with Gasteiger partial charge in [-0.25, -0.2) is 0 Å². The summed E-state index contributed by atoms with van der Waals surface area (Å²) in [6.45, 7) is 7.22. The predicted octanol–water partition coefficient (Wildman–Crippen LogP) is 0.642. The number of amides is 1. The van der Waals surface area contributed by atoms with Gasteiger partial charge in [0.2, 0.25) is 5.91 Å². The molecule has 2 saturated heterocycles. The second-order valence-corrected chi connectivity index (χ2v) is 5.43. The van der Waals surface area contributed by atoms with Gasteiger partial charge in [0.05, 0.1) is 13.2 Å². The summed E-state index contributed by atoms with van der Waals surface area (Å²) in [5.41, 5.74) is 0. The van der Waals surface area contributed by atoms with E-state index in [4.69, 9.17) is 9.47 Å². The van der Waals surface area contributed by atoms with E-state index in [9.17, 15) is 4.79 Å². The van der Waals surface area contributed by atoms with E-state index in [-0.39, 0.29) is 5.91 Å². The van der Waals surface area contributed by atoms with Crippen molar-refractivity contribution in [1.82, 2.24) is 10.2 Å². The molecule has 0 aromatic rings. The lowest BCUT2D eigenvalue weighted by Crippen LogP contribution is -2.37. The summed E-state index contributed by atoms with van der Waals surface area (Å²) in [5, 5.41) is 3.01. The van der Waals surface area contributed by atoms with Crippen LogP contribution < -0.4 is 5.32 Å². The van der Waals surface area contributed by atoms with Gasteiger partial charge in [-0.3, -0.25) is 9.69 Å². The van der Waals surface area contributed by atoms with Crippen molar-refractivity contribution in [2.75, 3.05) is 52.6 Å². The third kappa shape index (κ3) is 5.89. The maximum absolute atomic E-state index is 11.7. The molecule has 2 aliphatic rings. The first-order chi connectivity index (χ1) is 9.34. The number of rotatable bonds is 7. The molecular weight excluding hydrogens is 244 g/mol. The second-order valence-electron chi connectivity index (χ2n) is 5.43. The van der Waals surface area contributed by atoms with Crippen LogP contribution in [-0.2, 0) is 14.3 Å². The average molecular weight is 270 g/mol. The number of morpholine rings is 1. The van der Waals surface area contributed by atoms with Crippen molar-refractivity contribution >= 4 is 5.91 Å². The fourth-order valence-corrected chi connectivity index (χ4v) is 2.60. The van der Waals surface area contributed by atoms with E-state index in [1.54, 1.807) is 0 Å². The van der Waals surface area contributed by atoms with Gasteiger partial charge in [0.15, 0.2) is 0 Å². The Morgan fingerprint density at radius 3 is 2.79 bits per heavy atom. The van der Waals surface area contributed by atoms with E-state index in [0.717, 1.165) is 71.9 Å². The van der Waals surface area contributed by atoms with Crippen molar-refractivity contribution in [3.05, 3.63) is 0 Å². The molecule has 5 heteroatoms. The minimum atomic E-state index is 0.187. The summed E-state index contributed by atoms with van der Waals surface area (Å²) in [5.74, 6) is 0.834. The Kier molecular flexibility index (Phi) is 6.61. The first kappa shape index (κ1) is 14.8. The summed E-state index contributed by atoms with van der Waals surface area (Å²) < 4.78 is 10.6. The van der Waals surface area contributed by atoms with Gasteiger partial charge in [0.25, 0.3) is 0 Å². The average Bonchev–Trinajstić information content (AvgIpc) is 2.93. The van der Waals surface area contributed by atoms with Gasteiger partial charge < -0.3 is 14.8 Å². The molecule has 110 valence electrons. The Bertz CT molecular complexity index is 261. The molecule has 0 unspecified atom stereocenters. The van der Waals surface area contributed by atoms with Crippen LogP contribution in [0.4, 0.5) is 0 Å². The van der Waals surface area contributed by atoms with E-state index >= 15 is 0 Å². The molecule has 0 saturated carbocycles. The van der Waals surface area contributed by atoms with E-state index in [1.165, 1.54) is 0 Å². The number of hydrogen-bond donors (Lipinski definition) is 1. The first-order valence-corrected chi connectivity index (χ1v) is 7.49. The van der Waals surface area contributed by atoms with Crippen LogP contribution >= 0.6 is 0 Å². The molecule has 2 heterocycles. The van der Waals surface area contributed by atoms with E-state index in [1.807, 2.05) is 0 Å². The highest BCUT2D eigenvalue weighted by Gasteiger charge is 2.15. The van der Waals surface area contributed by atoms with Crippen LogP contribution in [0.3, 0.4) is 0 Å². The molecule has 1 N–H and O–H groups in total. The van der Waals surface area contributed by atoms with Gasteiger partial charge in [0, 0.05) is 39.3 Å². The fourth-order valence-electron chi connectivity index (χ4n) is 2.60. The Morgan fingerprint density at radius 1 is 1.21 bits per heavy atom. The van der Waals surface area contributed by atoms with Crippen molar-refractivity contribution < 1.29 is 14.3 Å². The molecule has 5 nitrogen and oxygen atoms in total. The van der Waals surface area contributed by atoms with Crippen molar-refractivity contribution in [2.45, 2.75) is 25.7 Å². The molecule has 0 spiro atoms. The summed E-state index contributed by atoms with van der Waals surface area (Å²) in [7, 11) is 0. The normalized spacial score (nSPS) is 24.5. The van der Waals surface area contributed by atoms with Gasteiger partial charge in [-0.2, -0.15) is 0 Å². The topological polar surface area (TPSA) is 50.8 Å². The lowest BCUT2D eigenvalue weighted by atomic mass is 10.1. The second kappa shape index (κ2) is 8.51. The lowest BCUT2D eigenvalue weighted by molar-refractivity contribution is -0.121. The largest absolute Gasteiger partial charge is 0.381 e. The van der Waals surface area contributed by atoms with Crippen LogP contribution in [0, 0.1) is 5.92 Å². The van der Waals surface area contributed by atoms with Crippen LogP contribution in [0.15, 0.2) is 0 Å². The number of carbonyl (C=O) groups excluding carboxylic acids is 1. The SMILES string of the molecule is O=C(CCCN1CCOCC1)NCC[C@@H]1CCOC1. The zero-order valence-corrected chi connectivity index (χ0v) is 11.7. The molecular formula is C14H26N2O3.